The number of amides is 10. The molecule has 0 aromatic heterocycles. The van der Waals surface area contributed by atoms with E-state index in [4.69, 9.17) is 20.9 Å². The summed E-state index contributed by atoms with van der Waals surface area (Å²) in [4.78, 5) is 135. The molecule has 10 amide bonds. The van der Waals surface area contributed by atoms with Crippen molar-refractivity contribution in [2.45, 2.75) is 105 Å². The van der Waals surface area contributed by atoms with Crippen LogP contribution in [0, 0.1) is 35.5 Å². The zero-order valence-corrected chi connectivity index (χ0v) is 40.4. The van der Waals surface area contributed by atoms with Crippen LogP contribution in [-0.2, 0) is 38.2 Å². The number of hydrogen-bond donors (Lipinski definition) is 4. The molecule has 0 aromatic carbocycles. The zero-order chi connectivity index (χ0) is 50.6. The van der Waals surface area contributed by atoms with Crippen molar-refractivity contribution in [3.05, 3.63) is 0 Å². The number of aliphatic carboxylic acids is 2. The van der Waals surface area contributed by atoms with Gasteiger partial charge in [-0.1, -0.05) is 55.4 Å². The highest BCUT2D eigenvalue weighted by Crippen LogP contribution is 2.34. The summed E-state index contributed by atoms with van der Waals surface area (Å²) < 4.78 is 11.3. The van der Waals surface area contributed by atoms with Gasteiger partial charge in [0.2, 0.25) is 23.6 Å². The van der Waals surface area contributed by atoms with Gasteiger partial charge in [0.25, 0.3) is 0 Å². The number of piperazine rings is 2. The van der Waals surface area contributed by atoms with Gasteiger partial charge in [0.05, 0.1) is 11.8 Å². The molecule has 6 fully saturated rings. The number of imide groups is 2. The fourth-order valence-electron chi connectivity index (χ4n) is 9.48. The molecule has 0 aliphatic carbocycles. The summed E-state index contributed by atoms with van der Waals surface area (Å²) in [5.41, 5.74) is 11.3. The summed E-state index contributed by atoms with van der Waals surface area (Å²) in [5.74, 6) is -6.20. The summed E-state index contributed by atoms with van der Waals surface area (Å²) in [5, 5.41) is 19.2. The fraction of sp³-hybridized carbons (Fsp3) is 0.773. The van der Waals surface area contributed by atoms with Crippen LogP contribution in [0.2, 0.25) is 0 Å². The molecule has 0 aromatic rings. The minimum atomic E-state index is -1.39. The maximum absolute atomic E-state index is 12.9. The Hall–Kier alpha value is -5.78. The van der Waals surface area contributed by atoms with Crippen LogP contribution < -0.4 is 11.5 Å². The van der Waals surface area contributed by atoms with E-state index in [9.17, 15) is 58.2 Å². The van der Waals surface area contributed by atoms with Crippen molar-refractivity contribution < 1.29 is 67.6 Å². The molecule has 24 heteroatoms. The van der Waals surface area contributed by atoms with Crippen molar-refractivity contribution in [2.75, 3.05) is 78.5 Å². The number of ether oxygens (including phenoxy) is 2. The predicted octanol–water partition coefficient (Wildman–Crippen LogP) is 0.0248. The first kappa shape index (κ1) is 53.2. The molecule has 0 saturated carbocycles. The largest absolute Gasteiger partial charge is 0.480 e. The predicted molar refractivity (Wildman–Crippen MR) is 239 cm³/mol. The van der Waals surface area contributed by atoms with Crippen molar-refractivity contribution in [2.24, 2.45) is 47.0 Å². The lowest BCUT2D eigenvalue weighted by molar-refractivity contribution is -0.169. The zero-order valence-electron chi connectivity index (χ0n) is 40.4. The van der Waals surface area contributed by atoms with E-state index >= 15 is 0 Å². The Morgan fingerprint density at radius 2 is 0.750 bits per heavy atom. The van der Waals surface area contributed by atoms with E-state index in [0.29, 0.717) is 36.0 Å². The molecule has 0 bridgehead atoms. The minimum Gasteiger partial charge on any atom is -0.480 e. The van der Waals surface area contributed by atoms with E-state index in [1.54, 1.807) is 0 Å². The van der Waals surface area contributed by atoms with Gasteiger partial charge < -0.3 is 60.6 Å². The van der Waals surface area contributed by atoms with Crippen LogP contribution in [0.25, 0.3) is 0 Å². The average molecular weight is 963 g/mol. The van der Waals surface area contributed by atoms with Crippen LogP contribution in [0.3, 0.4) is 0 Å². The Balaban J connectivity index is 0.000000254. The molecule has 0 radical (unpaired) electrons. The smallest absolute Gasteiger partial charge is 0.410 e. The van der Waals surface area contributed by atoms with Gasteiger partial charge in [-0.15, -0.1) is 0 Å². The molecule has 6 N–H and O–H groups in total. The topological polar surface area (TPSA) is 308 Å². The van der Waals surface area contributed by atoms with Crippen molar-refractivity contribution in [3.63, 3.8) is 0 Å². The van der Waals surface area contributed by atoms with Gasteiger partial charge in [-0.2, -0.15) is 0 Å². The van der Waals surface area contributed by atoms with E-state index in [1.807, 2.05) is 55.4 Å². The number of carbonyl (C=O) groups excluding carboxylic acids is 8. The van der Waals surface area contributed by atoms with Gasteiger partial charge in [-0.25, -0.2) is 38.6 Å². The van der Waals surface area contributed by atoms with Crippen LogP contribution in [0.5, 0.6) is 0 Å². The lowest BCUT2D eigenvalue weighted by Crippen LogP contribution is -2.70. The quantitative estimate of drug-likeness (QED) is 0.188. The summed E-state index contributed by atoms with van der Waals surface area (Å²) in [7, 11) is 0. The molecule has 6 heterocycles. The van der Waals surface area contributed by atoms with Crippen LogP contribution in [-0.4, -0.2) is 224 Å². The summed E-state index contributed by atoms with van der Waals surface area (Å²) in [6.07, 6.45) is -1.89. The second-order valence-corrected chi connectivity index (χ2v) is 19.9. The monoisotopic (exact) mass is 963 g/mol. The summed E-state index contributed by atoms with van der Waals surface area (Å²) in [6.45, 7) is 18.8. The number of hydrogen-bond acceptors (Lipinski definition) is 14. The van der Waals surface area contributed by atoms with Crippen LogP contribution in [0.1, 0.15) is 68.2 Å². The number of carbonyl (C=O) groups is 10. The number of urea groups is 2. The molecule has 0 spiro atoms. The third-order valence-corrected chi connectivity index (χ3v) is 13.4. The number of carboxylic acids is 2. The Labute approximate surface area is 396 Å². The number of nitrogens with two attached hydrogens (primary N) is 2. The number of nitrogens with zero attached hydrogens (tertiary/aromatic N) is 8. The second-order valence-electron chi connectivity index (χ2n) is 19.9. The molecule has 380 valence electrons. The normalized spacial score (nSPS) is 23.4. The lowest BCUT2D eigenvalue weighted by atomic mass is 9.84. The Kier molecular flexibility index (Phi) is 17.3. The molecule has 24 nitrogen and oxygen atoms in total. The minimum absolute atomic E-state index is 0.105. The van der Waals surface area contributed by atoms with Gasteiger partial charge in [0.1, 0.15) is 12.2 Å². The molecule has 0 unspecified atom stereocenters. The van der Waals surface area contributed by atoms with Crippen molar-refractivity contribution in [3.8, 4) is 0 Å². The Bertz CT molecular complexity index is 1790. The first-order valence-corrected chi connectivity index (χ1v) is 23.5. The SMILES string of the molecule is CC(C)C(OC(=O)N1CCN(C(=O)N2C(=O)[C@H](CC(=O)N3CC(N)C3)[C@H]2C(=O)O)CC1)C(C)C.CC(C)C(OC(=O)N1CCN(C(=O)N2C(=O)[C@H](CC(=O)N3CC(N)C3)[C@H]2C(=O)O)CC1)C(C)C. The first-order chi connectivity index (χ1) is 31.8. The number of β-lactam (4-membered cyclic amide) rings is 2. The van der Waals surface area contributed by atoms with Gasteiger partial charge in [-0.05, 0) is 23.7 Å². The van der Waals surface area contributed by atoms with E-state index in [0.717, 1.165) is 0 Å². The molecule has 6 rings (SSSR count). The van der Waals surface area contributed by atoms with Crippen LogP contribution in [0.4, 0.5) is 19.2 Å². The fourth-order valence-corrected chi connectivity index (χ4v) is 9.48. The van der Waals surface area contributed by atoms with Gasteiger partial charge in [-0.3, -0.25) is 19.2 Å². The van der Waals surface area contributed by atoms with Gasteiger partial charge >= 0.3 is 36.2 Å². The summed E-state index contributed by atoms with van der Waals surface area (Å²) >= 11 is 0. The third-order valence-electron chi connectivity index (χ3n) is 13.4. The Morgan fingerprint density at radius 1 is 0.485 bits per heavy atom. The molecule has 6 aliphatic heterocycles. The number of likely N-dealkylation sites (tertiary alicyclic amines) is 4. The number of rotatable bonds is 12. The molecule has 6 aliphatic rings. The standard InChI is InChI=1S/2C22H35N5O7/c2*1-12(2)18(13(3)4)34-22(33)25-7-5-24(6-8-25)21(32)27-17(20(30)31)15(19(27)29)9-16(28)26-10-14(23)11-26/h2*12-15,17-18H,5-11,23H2,1-4H3,(H,30,31)/t2*15-,17+/m11/s1. The van der Waals surface area contributed by atoms with Crippen molar-refractivity contribution in [1.82, 2.24) is 39.2 Å². The van der Waals surface area contributed by atoms with E-state index in [-0.39, 0.29) is 125 Å². The highest BCUT2D eigenvalue weighted by Gasteiger charge is 2.58. The van der Waals surface area contributed by atoms with Crippen LogP contribution in [0.15, 0.2) is 0 Å². The first-order valence-electron chi connectivity index (χ1n) is 23.5. The maximum Gasteiger partial charge on any atom is 0.410 e. The molecular weight excluding hydrogens is 893 g/mol. The molecule has 68 heavy (non-hydrogen) atoms. The van der Waals surface area contributed by atoms with Crippen molar-refractivity contribution in [1.29, 1.82) is 0 Å². The van der Waals surface area contributed by atoms with Gasteiger partial charge in [0, 0.05) is 103 Å². The molecule has 6 saturated heterocycles. The van der Waals surface area contributed by atoms with E-state index < -0.39 is 71.9 Å². The molecular formula is C44H70N10O14. The van der Waals surface area contributed by atoms with Crippen molar-refractivity contribution >= 4 is 59.8 Å². The molecule has 4 atom stereocenters. The lowest BCUT2D eigenvalue weighted by Gasteiger charge is -2.47. The maximum atomic E-state index is 12.9. The third kappa shape index (κ3) is 11.7. The van der Waals surface area contributed by atoms with E-state index in [2.05, 4.69) is 0 Å². The van der Waals surface area contributed by atoms with E-state index in [1.165, 1.54) is 29.4 Å². The highest BCUT2D eigenvalue weighted by molar-refractivity contribution is 6.09. The average Bonchev–Trinajstić information content (AvgIpc) is 3.25. The van der Waals surface area contributed by atoms with Crippen LogP contribution >= 0.6 is 0 Å². The second kappa shape index (κ2) is 22.1. The highest BCUT2D eigenvalue weighted by atomic mass is 16.6. The Morgan fingerprint density at radius 3 is 0.985 bits per heavy atom. The van der Waals surface area contributed by atoms with Gasteiger partial charge in [0.15, 0.2) is 12.1 Å². The number of carboxylic acid groups (broad SMARTS) is 2. The summed E-state index contributed by atoms with van der Waals surface area (Å²) in [6, 6.07) is -4.43.